The Kier molecular flexibility index (Phi) is 9.60. The molecule has 0 spiro atoms. The number of thioether (sulfide) groups is 1. The molecule has 14 heteroatoms. The maximum Gasteiger partial charge on any atom is 0.417 e. The molecule has 3 aliphatic heterocycles. The predicted molar refractivity (Wildman–Crippen MR) is 179 cm³/mol. The number of hydrogen-bond acceptors (Lipinski definition) is 6. The summed E-state index contributed by atoms with van der Waals surface area (Å²) in [6, 6.07) is 1.20. The van der Waals surface area contributed by atoms with Crippen molar-refractivity contribution in [2.24, 2.45) is 5.92 Å². The third-order valence-electron chi connectivity index (χ3n) is 9.92. The minimum Gasteiger partial charge on any atom is -0.352 e. The Labute approximate surface area is 284 Å². The van der Waals surface area contributed by atoms with Gasteiger partial charge < -0.3 is 14.7 Å². The lowest BCUT2D eigenvalue weighted by Crippen LogP contribution is -2.58. The average Bonchev–Trinajstić information content (AvgIpc) is 3.04. The fourth-order valence-electron chi connectivity index (χ4n) is 7.67. The van der Waals surface area contributed by atoms with Gasteiger partial charge in [-0.1, -0.05) is 25.1 Å². The first-order valence-electron chi connectivity index (χ1n) is 16.1. The van der Waals surface area contributed by atoms with E-state index >= 15 is 17.6 Å². The number of piperidine rings is 1. The van der Waals surface area contributed by atoms with Crippen LogP contribution in [0.25, 0.3) is 22.0 Å². The van der Waals surface area contributed by atoms with E-state index in [9.17, 15) is 14.0 Å². The summed E-state index contributed by atoms with van der Waals surface area (Å²) in [7, 11) is 0. The van der Waals surface area contributed by atoms with Crippen LogP contribution < -0.4 is 10.6 Å². The summed E-state index contributed by atoms with van der Waals surface area (Å²) in [4.78, 5) is 37.0. The summed E-state index contributed by atoms with van der Waals surface area (Å²) < 4.78 is 76.2. The van der Waals surface area contributed by atoms with Crippen LogP contribution in [0.1, 0.15) is 51.6 Å². The highest BCUT2D eigenvalue weighted by Crippen LogP contribution is 2.51. The van der Waals surface area contributed by atoms with Crippen LogP contribution in [0.5, 0.6) is 0 Å². The number of rotatable bonds is 6. The molecular weight excluding hydrogens is 673 g/mol. The van der Waals surface area contributed by atoms with Crippen molar-refractivity contribution in [2.75, 3.05) is 43.4 Å². The lowest BCUT2D eigenvalue weighted by Gasteiger charge is -2.45. The Morgan fingerprint density at radius 1 is 1.10 bits per heavy atom. The van der Waals surface area contributed by atoms with Crippen LogP contribution in [0.4, 0.5) is 27.8 Å². The van der Waals surface area contributed by atoms with Gasteiger partial charge in [0.2, 0.25) is 5.91 Å². The fraction of sp³-hybridized carbons (Fsp3) is 0.500. The summed E-state index contributed by atoms with van der Waals surface area (Å²) in [5.41, 5.74) is -2.49. The molecule has 3 aromatic rings. The van der Waals surface area contributed by atoms with Crippen LogP contribution in [0.3, 0.4) is 0 Å². The highest BCUT2D eigenvalue weighted by molar-refractivity contribution is 7.99. The third-order valence-corrected chi connectivity index (χ3v) is 11.4. The first-order chi connectivity index (χ1) is 22.7. The van der Waals surface area contributed by atoms with E-state index in [0.29, 0.717) is 18.4 Å². The molecule has 1 amide bonds. The number of anilines is 1. The standard InChI is InChI=1S/C34H37ClF5N5O2S/c1-5-28(46)44-18(3)15-43(16-19(44)4)32-23-12-24(34(38,39)40)29(22-13-25(35)27(37)14-26(22)36)31-30(23)45(33(47)41-32)21(17-48-31)11-20-7-9-42(6-2)10-8-20/h5,12-14,18-21H,1,6-11,15-17H2,2-4H3/t18-,19+,21-/m0/s1. The van der Waals surface area contributed by atoms with Crippen molar-refractivity contribution in [3.8, 4) is 11.1 Å². The SMILES string of the molecule is C=CC(=O)N1[C@H](C)CN(c2nc(=O)n3c4c(c(-c5cc(Cl)c(F)cc5F)c(C(F)(F)F)cc24)SC[C@@H]3CC2CCN(CC)CC2)C[C@@H]1C. The van der Waals surface area contributed by atoms with Crippen LogP contribution in [0.15, 0.2) is 40.5 Å². The number of halogens is 6. The van der Waals surface area contributed by atoms with Gasteiger partial charge in [0.25, 0.3) is 0 Å². The molecule has 0 N–H and O–H groups in total. The van der Waals surface area contributed by atoms with Gasteiger partial charge in [-0.2, -0.15) is 18.2 Å². The Morgan fingerprint density at radius 3 is 2.38 bits per heavy atom. The zero-order valence-corrected chi connectivity index (χ0v) is 28.5. The Morgan fingerprint density at radius 2 is 1.77 bits per heavy atom. The van der Waals surface area contributed by atoms with Gasteiger partial charge in [-0.25, -0.2) is 13.6 Å². The summed E-state index contributed by atoms with van der Waals surface area (Å²) >= 11 is 7.14. The molecule has 1 aromatic heterocycles. The highest BCUT2D eigenvalue weighted by atomic mass is 35.5. The van der Waals surface area contributed by atoms with Crippen molar-refractivity contribution >= 4 is 46.0 Å². The number of piperazine rings is 1. The lowest BCUT2D eigenvalue weighted by molar-refractivity contribution is -0.137. The van der Waals surface area contributed by atoms with E-state index in [2.05, 4.69) is 23.4 Å². The molecule has 7 nitrogen and oxygen atoms in total. The van der Waals surface area contributed by atoms with Gasteiger partial charge in [-0.3, -0.25) is 9.36 Å². The molecule has 0 bridgehead atoms. The lowest BCUT2D eigenvalue weighted by atomic mass is 9.90. The van der Waals surface area contributed by atoms with E-state index in [1.54, 1.807) is 9.80 Å². The van der Waals surface area contributed by atoms with E-state index < -0.39 is 45.2 Å². The van der Waals surface area contributed by atoms with Gasteiger partial charge in [0.05, 0.1) is 16.1 Å². The van der Waals surface area contributed by atoms with E-state index in [1.165, 1.54) is 10.6 Å². The number of carbonyl (C=O) groups excluding carboxylic acids is 1. The molecule has 48 heavy (non-hydrogen) atoms. The second kappa shape index (κ2) is 13.3. The Bertz CT molecular complexity index is 1810. The molecule has 6 rings (SSSR count). The normalized spacial score (nSPS) is 22.4. The first-order valence-corrected chi connectivity index (χ1v) is 17.5. The fourth-order valence-corrected chi connectivity index (χ4v) is 9.19. The van der Waals surface area contributed by atoms with Gasteiger partial charge in [0.15, 0.2) is 0 Å². The second-order valence-electron chi connectivity index (χ2n) is 13.0. The minimum absolute atomic E-state index is 0.0702. The number of aromatic nitrogens is 2. The largest absolute Gasteiger partial charge is 0.417 e. The first kappa shape index (κ1) is 34.7. The van der Waals surface area contributed by atoms with Crippen LogP contribution in [0, 0.1) is 17.6 Å². The van der Waals surface area contributed by atoms with Crippen molar-refractivity contribution in [3.05, 3.63) is 63.6 Å². The molecule has 0 unspecified atom stereocenters. The van der Waals surface area contributed by atoms with Crippen molar-refractivity contribution in [3.63, 3.8) is 0 Å². The van der Waals surface area contributed by atoms with Crippen molar-refractivity contribution in [1.29, 1.82) is 0 Å². The maximum atomic E-state index is 15.4. The number of benzene rings is 2. The van der Waals surface area contributed by atoms with E-state index in [-0.39, 0.29) is 64.5 Å². The van der Waals surface area contributed by atoms with Crippen molar-refractivity contribution in [1.82, 2.24) is 19.4 Å². The van der Waals surface area contributed by atoms with Gasteiger partial charge in [0, 0.05) is 64.4 Å². The molecule has 3 atom stereocenters. The summed E-state index contributed by atoms with van der Waals surface area (Å²) in [6.07, 6.45) is -1.22. The average molecular weight is 710 g/mol. The third kappa shape index (κ3) is 6.22. The minimum atomic E-state index is -4.95. The Hall–Kier alpha value is -3.16. The molecule has 258 valence electrons. The van der Waals surface area contributed by atoms with Gasteiger partial charge in [0.1, 0.15) is 17.5 Å². The zero-order chi connectivity index (χ0) is 34.7. The summed E-state index contributed by atoms with van der Waals surface area (Å²) in [6.45, 7) is 12.6. The maximum absolute atomic E-state index is 15.4. The summed E-state index contributed by atoms with van der Waals surface area (Å²) in [5, 5.41) is -0.415. The number of carbonyl (C=O) groups is 1. The number of alkyl halides is 3. The summed E-state index contributed by atoms with van der Waals surface area (Å²) in [5.74, 6) is -1.91. The molecule has 2 fully saturated rings. The van der Waals surface area contributed by atoms with Crippen molar-refractivity contribution in [2.45, 2.75) is 69.2 Å². The predicted octanol–water partition coefficient (Wildman–Crippen LogP) is 7.39. The molecular formula is C34H37ClF5N5O2S. The van der Waals surface area contributed by atoms with Crippen LogP contribution in [0.2, 0.25) is 5.02 Å². The zero-order valence-electron chi connectivity index (χ0n) is 26.9. The molecule has 3 aliphatic rings. The van der Waals surface area contributed by atoms with E-state index in [0.717, 1.165) is 56.4 Å². The van der Waals surface area contributed by atoms with Crippen LogP contribution in [-0.4, -0.2) is 75.8 Å². The molecule has 4 heterocycles. The van der Waals surface area contributed by atoms with Crippen LogP contribution >= 0.6 is 23.4 Å². The monoisotopic (exact) mass is 709 g/mol. The van der Waals surface area contributed by atoms with Crippen molar-refractivity contribution < 1.29 is 26.7 Å². The highest BCUT2D eigenvalue weighted by Gasteiger charge is 2.41. The smallest absolute Gasteiger partial charge is 0.352 e. The topological polar surface area (TPSA) is 61.7 Å². The quantitative estimate of drug-likeness (QED) is 0.151. The number of hydrogen-bond donors (Lipinski definition) is 0. The number of nitrogens with zero attached hydrogens (tertiary/aromatic N) is 5. The Balaban J connectivity index is 1.58. The number of likely N-dealkylation sites (tertiary alicyclic amines) is 1. The number of amides is 1. The van der Waals surface area contributed by atoms with Gasteiger partial charge >= 0.3 is 11.9 Å². The van der Waals surface area contributed by atoms with E-state index in [1.807, 2.05) is 13.8 Å². The van der Waals surface area contributed by atoms with Gasteiger partial charge in [-0.15, -0.1) is 11.8 Å². The molecule has 0 radical (unpaired) electrons. The van der Waals surface area contributed by atoms with Gasteiger partial charge in [-0.05, 0) is 76.9 Å². The molecule has 0 saturated carbocycles. The van der Waals surface area contributed by atoms with Crippen LogP contribution in [-0.2, 0) is 11.0 Å². The second-order valence-corrected chi connectivity index (χ2v) is 14.4. The van der Waals surface area contributed by atoms with E-state index in [4.69, 9.17) is 11.6 Å². The molecule has 2 saturated heterocycles. The molecule has 0 aliphatic carbocycles. The molecule has 2 aromatic carbocycles.